The highest BCUT2D eigenvalue weighted by atomic mass is 35.5. The summed E-state index contributed by atoms with van der Waals surface area (Å²) in [5.41, 5.74) is 4.02. The number of hydrogen-bond acceptors (Lipinski definition) is 7. The highest BCUT2D eigenvalue weighted by Gasteiger charge is 2.22. The van der Waals surface area contributed by atoms with Crippen molar-refractivity contribution in [2.75, 3.05) is 27.2 Å². The number of amides is 2. The van der Waals surface area contributed by atoms with Gasteiger partial charge < -0.3 is 19.3 Å². The van der Waals surface area contributed by atoms with Gasteiger partial charge in [0.15, 0.2) is 5.82 Å². The Hall–Kier alpha value is -4.18. The Morgan fingerprint density at radius 2 is 1.77 bits per heavy atom. The van der Waals surface area contributed by atoms with Gasteiger partial charge in [0, 0.05) is 61.0 Å². The number of halogens is 1. The van der Waals surface area contributed by atoms with Crippen LogP contribution in [0.1, 0.15) is 61.4 Å². The SMILES string of the molecule is CCn1ncc(CN(C)C(=O)c2nc(-c3ccc(OCCCN(C)C(=O)OC(C)(C)C)c(C)c3)nc3ccc(Cl)cc23)c1C. The zero-order valence-electron chi connectivity index (χ0n) is 26.8. The van der Waals surface area contributed by atoms with Crippen LogP contribution in [0.15, 0.2) is 42.6 Å². The molecule has 2 heterocycles. The van der Waals surface area contributed by atoms with Crippen molar-refractivity contribution in [1.82, 2.24) is 29.5 Å². The summed E-state index contributed by atoms with van der Waals surface area (Å²) in [6, 6.07) is 11.0. The van der Waals surface area contributed by atoms with E-state index in [-0.39, 0.29) is 17.7 Å². The van der Waals surface area contributed by atoms with E-state index in [1.807, 2.05) is 64.4 Å². The van der Waals surface area contributed by atoms with Gasteiger partial charge in [0.05, 0.1) is 18.3 Å². The van der Waals surface area contributed by atoms with E-state index in [4.69, 9.17) is 31.0 Å². The topological polar surface area (TPSA) is 103 Å². The van der Waals surface area contributed by atoms with E-state index in [2.05, 4.69) is 5.10 Å². The van der Waals surface area contributed by atoms with Crippen molar-refractivity contribution in [2.24, 2.45) is 0 Å². The number of carbonyl (C=O) groups excluding carboxylic acids is 2. The highest BCUT2D eigenvalue weighted by Crippen LogP contribution is 2.29. The summed E-state index contributed by atoms with van der Waals surface area (Å²) in [4.78, 5) is 38.7. The van der Waals surface area contributed by atoms with Crippen molar-refractivity contribution < 1.29 is 19.1 Å². The number of rotatable bonds is 10. The number of nitrogens with zero attached hydrogens (tertiary/aromatic N) is 6. The van der Waals surface area contributed by atoms with Crippen LogP contribution >= 0.6 is 11.6 Å². The van der Waals surface area contributed by atoms with Crippen LogP contribution in [-0.4, -0.2) is 74.4 Å². The van der Waals surface area contributed by atoms with Crippen molar-refractivity contribution in [3.05, 3.63) is 70.1 Å². The van der Waals surface area contributed by atoms with Gasteiger partial charge >= 0.3 is 6.09 Å². The zero-order valence-corrected chi connectivity index (χ0v) is 27.5. The molecule has 0 aliphatic carbocycles. The lowest BCUT2D eigenvalue weighted by atomic mass is 10.1. The molecule has 2 aromatic carbocycles. The molecule has 44 heavy (non-hydrogen) atoms. The highest BCUT2D eigenvalue weighted by molar-refractivity contribution is 6.31. The molecule has 10 nitrogen and oxygen atoms in total. The molecule has 0 spiro atoms. The third-order valence-corrected chi connectivity index (χ3v) is 7.39. The van der Waals surface area contributed by atoms with E-state index in [1.165, 1.54) is 0 Å². The molecule has 0 saturated heterocycles. The first kappa shape index (κ1) is 32.7. The van der Waals surface area contributed by atoms with Gasteiger partial charge in [-0.25, -0.2) is 14.8 Å². The number of hydrogen-bond donors (Lipinski definition) is 0. The smallest absolute Gasteiger partial charge is 0.410 e. The first-order valence-corrected chi connectivity index (χ1v) is 15.1. The summed E-state index contributed by atoms with van der Waals surface area (Å²) in [5, 5.41) is 5.49. The number of aryl methyl sites for hydroxylation is 2. The summed E-state index contributed by atoms with van der Waals surface area (Å²) >= 11 is 6.32. The van der Waals surface area contributed by atoms with Crippen LogP contribution in [-0.2, 0) is 17.8 Å². The molecule has 4 rings (SSSR count). The minimum absolute atomic E-state index is 0.238. The summed E-state index contributed by atoms with van der Waals surface area (Å²) in [6.07, 6.45) is 2.09. The van der Waals surface area contributed by atoms with Crippen LogP contribution in [0.25, 0.3) is 22.3 Å². The third kappa shape index (κ3) is 7.85. The van der Waals surface area contributed by atoms with Gasteiger partial charge in [-0.05, 0) is 89.9 Å². The molecule has 4 aromatic rings. The molecule has 2 aromatic heterocycles. The van der Waals surface area contributed by atoms with Crippen LogP contribution < -0.4 is 4.74 Å². The molecule has 0 bridgehead atoms. The fourth-order valence-corrected chi connectivity index (χ4v) is 4.90. The molecule has 0 radical (unpaired) electrons. The predicted octanol–water partition coefficient (Wildman–Crippen LogP) is 6.69. The first-order chi connectivity index (χ1) is 20.8. The van der Waals surface area contributed by atoms with Crippen LogP contribution in [0.4, 0.5) is 4.79 Å². The van der Waals surface area contributed by atoms with E-state index in [0.717, 1.165) is 34.7 Å². The first-order valence-electron chi connectivity index (χ1n) is 14.7. The molecule has 0 aliphatic heterocycles. The molecule has 0 atom stereocenters. The Morgan fingerprint density at radius 1 is 1.02 bits per heavy atom. The van der Waals surface area contributed by atoms with E-state index in [1.54, 1.807) is 48.3 Å². The number of aromatic nitrogens is 4. The monoisotopic (exact) mass is 620 g/mol. The summed E-state index contributed by atoms with van der Waals surface area (Å²) in [5.74, 6) is 0.915. The Kier molecular flexibility index (Phi) is 10.1. The standard InChI is InChI=1S/C33H41ClN6O4/c1-9-40-22(3)24(19-35-40)20-39(8)31(41)29-26-18-25(34)12-13-27(26)36-30(37-29)23-11-14-28(21(2)17-23)43-16-10-15-38(7)32(42)44-33(4,5)6/h11-14,17-19H,9-10,15-16,20H2,1-8H3. The molecule has 2 amide bonds. The lowest BCUT2D eigenvalue weighted by Gasteiger charge is -2.24. The van der Waals surface area contributed by atoms with Gasteiger partial charge in [-0.1, -0.05) is 11.6 Å². The van der Waals surface area contributed by atoms with Crippen molar-refractivity contribution in [3.8, 4) is 17.1 Å². The van der Waals surface area contributed by atoms with Crippen molar-refractivity contribution in [3.63, 3.8) is 0 Å². The van der Waals surface area contributed by atoms with Gasteiger partial charge in [0.2, 0.25) is 0 Å². The van der Waals surface area contributed by atoms with E-state index < -0.39 is 5.60 Å². The van der Waals surface area contributed by atoms with Gasteiger partial charge in [-0.15, -0.1) is 0 Å². The van der Waals surface area contributed by atoms with Crippen LogP contribution in [0.5, 0.6) is 5.75 Å². The van der Waals surface area contributed by atoms with Gasteiger partial charge in [-0.3, -0.25) is 9.48 Å². The van der Waals surface area contributed by atoms with Crippen molar-refractivity contribution in [2.45, 2.75) is 66.7 Å². The third-order valence-electron chi connectivity index (χ3n) is 7.15. The summed E-state index contributed by atoms with van der Waals surface area (Å²) < 4.78 is 13.3. The second-order valence-corrected chi connectivity index (χ2v) is 12.3. The molecular formula is C33H41ClN6O4. The van der Waals surface area contributed by atoms with Crippen LogP contribution in [0.3, 0.4) is 0 Å². The lowest BCUT2D eigenvalue weighted by molar-refractivity contribution is 0.0292. The second-order valence-electron chi connectivity index (χ2n) is 11.9. The number of benzene rings is 2. The fourth-order valence-electron chi connectivity index (χ4n) is 4.73. The van der Waals surface area contributed by atoms with Gasteiger partial charge in [-0.2, -0.15) is 5.10 Å². The Balaban J connectivity index is 1.51. The minimum atomic E-state index is -0.537. The lowest BCUT2D eigenvalue weighted by Crippen LogP contribution is -2.35. The van der Waals surface area contributed by atoms with E-state index in [9.17, 15) is 9.59 Å². The largest absolute Gasteiger partial charge is 0.493 e. The molecule has 0 fully saturated rings. The fraction of sp³-hybridized carbons (Fsp3) is 0.424. The average molecular weight is 621 g/mol. The molecule has 0 saturated carbocycles. The van der Waals surface area contributed by atoms with Crippen molar-refractivity contribution >= 4 is 34.5 Å². The maximum Gasteiger partial charge on any atom is 0.410 e. The Labute approximate surface area is 263 Å². The molecule has 0 aliphatic rings. The Morgan fingerprint density at radius 3 is 2.43 bits per heavy atom. The quantitative estimate of drug-likeness (QED) is 0.182. The second kappa shape index (κ2) is 13.6. The maximum absolute atomic E-state index is 13.8. The Bertz CT molecular complexity index is 1660. The van der Waals surface area contributed by atoms with Gasteiger partial charge in [0.25, 0.3) is 5.91 Å². The molecule has 11 heteroatoms. The van der Waals surface area contributed by atoms with Crippen molar-refractivity contribution in [1.29, 1.82) is 0 Å². The summed E-state index contributed by atoms with van der Waals surface area (Å²) in [6.45, 7) is 13.6. The average Bonchev–Trinajstić information content (AvgIpc) is 3.32. The molecular weight excluding hydrogens is 580 g/mol. The van der Waals surface area contributed by atoms with Crippen LogP contribution in [0, 0.1) is 13.8 Å². The normalized spacial score (nSPS) is 11.5. The maximum atomic E-state index is 13.8. The number of carbonyl (C=O) groups is 2. The molecule has 0 N–H and O–H groups in total. The zero-order chi connectivity index (χ0) is 32.2. The predicted molar refractivity (Wildman–Crippen MR) is 172 cm³/mol. The van der Waals surface area contributed by atoms with Gasteiger partial charge in [0.1, 0.15) is 17.0 Å². The number of ether oxygens (including phenoxy) is 2. The number of fused-ring (bicyclic) bond motifs is 1. The van der Waals surface area contributed by atoms with E-state index in [0.29, 0.717) is 47.9 Å². The molecule has 0 unspecified atom stereocenters. The minimum Gasteiger partial charge on any atom is -0.493 e. The van der Waals surface area contributed by atoms with E-state index >= 15 is 0 Å². The summed E-state index contributed by atoms with van der Waals surface area (Å²) in [7, 11) is 3.47. The molecule has 234 valence electrons. The van der Waals surface area contributed by atoms with Crippen LogP contribution in [0.2, 0.25) is 5.02 Å².